The van der Waals surface area contributed by atoms with E-state index in [1.807, 2.05) is 0 Å². The number of nitrogens with one attached hydrogen (secondary N) is 2. The van der Waals surface area contributed by atoms with Crippen LogP contribution in [0.1, 0.15) is 32.6 Å². The van der Waals surface area contributed by atoms with Crippen molar-refractivity contribution in [2.45, 2.75) is 38.6 Å². The molecule has 0 bridgehead atoms. The molecule has 1 unspecified atom stereocenters. The molecule has 1 heterocycles. The zero-order valence-electron chi connectivity index (χ0n) is 10.4. The fourth-order valence-electron chi connectivity index (χ4n) is 2.02. The molecule has 1 fully saturated rings. The fourth-order valence-corrected chi connectivity index (χ4v) is 2.02. The highest BCUT2D eigenvalue weighted by Crippen LogP contribution is 2.16. The van der Waals surface area contributed by atoms with Gasteiger partial charge in [0.1, 0.15) is 6.04 Å². The lowest BCUT2D eigenvalue weighted by Crippen LogP contribution is -2.49. The van der Waals surface area contributed by atoms with Crippen LogP contribution in [0.2, 0.25) is 0 Å². The molecular weight excluding hydrogens is 238 g/mol. The highest BCUT2D eigenvalue weighted by molar-refractivity contribution is 5.82. The number of hydrogen-bond acceptors (Lipinski definition) is 4. The van der Waals surface area contributed by atoms with Crippen molar-refractivity contribution in [3.63, 3.8) is 0 Å². The number of aliphatic carboxylic acids is 1. The first kappa shape index (κ1) is 14.4. The maximum atomic E-state index is 11.5. The minimum absolute atomic E-state index is 0.0166. The van der Waals surface area contributed by atoms with Crippen molar-refractivity contribution in [1.82, 2.24) is 15.8 Å². The second kappa shape index (κ2) is 6.95. The van der Waals surface area contributed by atoms with Crippen LogP contribution in [0.25, 0.3) is 0 Å². The molecule has 3 N–H and O–H groups in total. The molecule has 0 aromatic heterocycles. The van der Waals surface area contributed by atoms with Crippen LogP contribution in [0.5, 0.6) is 0 Å². The zero-order valence-corrected chi connectivity index (χ0v) is 10.4. The van der Waals surface area contributed by atoms with Crippen LogP contribution in [0.4, 0.5) is 0 Å². The number of hydrogen-bond donors (Lipinski definition) is 3. The molecule has 18 heavy (non-hydrogen) atoms. The Balaban J connectivity index is 2.52. The summed E-state index contributed by atoms with van der Waals surface area (Å²) in [5.74, 6) is -1.67. The van der Waals surface area contributed by atoms with E-state index < -0.39 is 17.9 Å². The minimum Gasteiger partial charge on any atom is -0.480 e. The summed E-state index contributed by atoms with van der Waals surface area (Å²) in [7, 11) is 0. The first-order chi connectivity index (χ1) is 8.50. The van der Waals surface area contributed by atoms with Gasteiger partial charge in [0, 0.05) is 6.92 Å². The maximum Gasteiger partial charge on any atom is 0.320 e. The number of nitrogens with zero attached hydrogens (tertiary/aromatic N) is 1. The molecule has 7 nitrogen and oxygen atoms in total. The maximum absolute atomic E-state index is 11.5. The van der Waals surface area contributed by atoms with Gasteiger partial charge in [0.2, 0.25) is 5.91 Å². The quantitative estimate of drug-likeness (QED) is 0.591. The Labute approximate surface area is 105 Å². The van der Waals surface area contributed by atoms with Crippen molar-refractivity contribution in [1.29, 1.82) is 0 Å². The Hall–Kier alpha value is -1.63. The van der Waals surface area contributed by atoms with Crippen LogP contribution >= 0.6 is 0 Å². The molecular formula is C11H19N3O4. The van der Waals surface area contributed by atoms with Crippen molar-refractivity contribution in [2.24, 2.45) is 0 Å². The number of likely N-dealkylation sites (tertiary alicyclic amines) is 1. The Morgan fingerprint density at radius 1 is 1.22 bits per heavy atom. The smallest absolute Gasteiger partial charge is 0.320 e. The van der Waals surface area contributed by atoms with E-state index in [0.717, 1.165) is 19.3 Å². The van der Waals surface area contributed by atoms with Gasteiger partial charge in [0.25, 0.3) is 5.91 Å². The first-order valence-electron chi connectivity index (χ1n) is 6.03. The van der Waals surface area contributed by atoms with Crippen molar-refractivity contribution in [3.8, 4) is 0 Å². The fraction of sp³-hybridized carbons (Fsp3) is 0.727. The number of carbonyl (C=O) groups is 3. The van der Waals surface area contributed by atoms with Crippen LogP contribution in [0.3, 0.4) is 0 Å². The molecule has 0 aromatic carbocycles. The van der Waals surface area contributed by atoms with Gasteiger partial charge in [-0.3, -0.25) is 30.1 Å². The average Bonchev–Trinajstić information content (AvgIpc) is 2.51. The standard InChI is InChI=1S/C11H19N3O4/c1-8(15)12-13-10(16)7-14-6-4-2-3-5-9(14)11(17)18/h9H,2-7H2,1H3,(H,12,15)(H,13,16)(H,17,18). The third-order valence-corrected chi connectivity index (χ3v) is 2.87. The van der Waals surface area contributed by atoms with Gasteiger partial charge in [0.05, 0.1) is 6.54 Å². The molecule has 2 amide bonds. The molecule has 0 saturated carbocycles. The van der Waals surface area contributed by atoms with Crippen LogP contribution in [-0.4, -0.2) is 46.9 Å². The van der Waals surface area contributed by atoms with E-state index in [2.05, 4.69) is 10.9 Å². The number of carboxylic acids is 1. The summed E-state index contributed by atoms with van der Waals surface area (Å²) in [5, 5.41) is 9.12. The van der Waals surface area contributed by atoms with Crippen LogP contribution in [0, 0.1) is 0 Å². The summed E-state index contributed by atoms with van der Waals surface area (Å²) in [4.78, 5) is 34.9. The average molecular weight is 257 g/mol. The molecule has 0 radical (unpaired) electrons. The van der Waals surface area contributed by atoms with E-state index in [4.69, 9.17) is 5.11 Å². The zero-order chi connectivity index (χ0) is 13.5. The number of carbonyl (C=O) groups excluding carboxylic acids is 2. The molecule has 1 aliphatic heterocycles. The summed E-state index contributed by atoms with van der Waals surface area (Å²) < 4.78 is 0. The van der Waals surface area contributed by atoms with Gasteiger partial charge >= 0.3 is 5.97 Å². The second-order valence-electron chi connectivity index (χ2n) is 4.40. The summed E-state index contributed by atoms with van der Waals surface area (Å²) in [6.07, 6.45) is 3.29. The van der Waals surface area contributed by atoms with Gasteiger partial charge in [-0.15, -0.1) is 0 Å². The number of carboxylic acid groups (broad SMARTS) is 1. The van der Waals surface area contributed by atoms with Crippen LogP contribution < -0.4 is 10.9 Å². The van der Waals surface area contributed by atoms with Crippen molar-refractivity contribution >= 4 is 17.8 Å². The van der Waals surface area contributed by atoms with E-state index in [9.17, 15) is 14.4 Å². The van der Waals surface area contributed by atoms with Gasteiger partial charge in [-0.1, -0.05) is 12.8 Å². The second-order valence-corrected chi connectivity index (χ2v) is 4.40. The molecule has 0 aliphatic carbocycles. The van der Waals surface area contributed by atoms with E-state index >= 15 is 0 Å². The van der Waals surface area contributed by atoms with Gasteiger partial charge in [-0.25, -0.2) is 0 Å². The molecule has 1 aliphatic rings. The van der Waals surface area contributed by atoms with E-state index in [1.165, 1.54) is 6.92 Å². The molecule has 0 spiro atoms. The minimum atomic E-state index is -0.899. The third kappa shape index (κ3) is 4.70. The van der Waals surface area contributed by atoms with Gasteiger partial charge < -0.3 is 5.11 Å². The lowest BCUT2D eigenvalue weighted by Gasteiger charge is -2.25. The Morgan fingerprint density at radius 3 is 2.56 bits per heavy atom. The highest BCUT2D eigenvalue weighted by Gasteiger charge is 2.28. The predicted octanol–water partition coefficient (Wildman–Crippen LogP) is -0.517. The van der Waals surface area contributed by atoms with Crippen LogP contribution in [0.15, 0.2) is 0 Å². The normalized spacial score (nSPS) is 20.8. The van der Waals surface area contributed by atoms with Crippen molar-refractivity contribution in [2.75, 3.05) is 13.1 Å². The third-order valence-electron chi connectivity index (χ3n) is 2.87. The summed E-state index contributed by atoms with van der Waals surface area (Å²) >= 11 is 0. The number of rotatable bonds is 3. The lowest BCUT2D eigenvalue weighted by molar-refractivity contribution is -0.144. The predicted molar refractivity (Wildman–Crippen MR) is 63.4 cm³/mol. The SMILES string of the molecule is CC(=O)NNC(=O)CN1CCCCCC1C(=O)O. The van der Waals surface area contributed by atoms with Crippen molar-refractivity contribution in [3.05, 3.63) is 0 Å². The largest absolute Gasteiger partial charge is 0.480 e. The Morgan fingerprint density at radius 2 is 1.94 bits per heavy atom. The van der Waals surface area contributed by atoms with Gasteiger partial charge in [-0.05, 0) is 19.4 Å². The molecule has 1 atom stereocenters. The van der Waals surface area contributed by atoms with Gasteiger partial charge in [0.15, 0.2) is 0 Å². The highest BCUT2D eigenvalue weighted by atomic mass is 16.4. The Bertz CT molecular complexity index is 332. The first-order valence-corrected chi connectivity index (χ1v) is 6.03. The molecule has 7 heteroatoms. The molecule has 102 valence electrons. The monoisotopic (exact) mass is 257 g/mol. The van der Waals surface area contributed by atoms with E-state index in [-0.39, 0.29) is 12.5 Å². The number of amides is 2. The molecule has 0 aromatic rings. The van der Waals surface area contributed by atoms with Crippen LogP contribution in [-0.2, 0) is 14.4 Å². The van der Waals surface area contributed by atoms with Gasteiger partial charge in [-0.2, -0.15) is 0 Å². The summed E-state index contributed by atoms with van der Waals surface area (Å²) in [6, 6.07) is -0.615. The molecule has 1 rings (SSSR count). The Kier molecular flexibility index (Phi) is 5.57. The van der Waals surface area contributed by atoms with E-state index in [0.29, 0.717) is 13.0 Å². The topological polar surface area (TPSA) is 98.7 Å². The van der Waals surface area contributed by atoms with Crippen molar-refractivity contribution < 1.29 is 19.5 Å². The summed E-state index contributed by atoms with van der Waals surface area (Å²) in [5.41, 5.74) is 4.42. The molecule has 1 saturated heterocycles. The lowest BCUT2D eigenvalue weighted by atomic mass is 10.1. The van der Waals surface area contributed by atoms with E-state index in [1.54, 1.807) is 4.90 Å². The summed E-state index contributed by atoms with van der Waals surface area (Å²) in [6.45, 7) is 1.86. The number of hydrazine groups is 1.